The second-order valence-electron chi connectivity index (χ2n) is 4.64. The predicted octanol–water partition coefficient (Wildman–Crippen LogP) is 1.24. The van der Waals surface area contributed by atoms with Crippen LogP contribution in [0.25, 0.3) is 16.8 Å². The Kier molecular flexibility index (Phi) is 3.02. The first kappa shape index (κ1) is 13.0. The van der Waals surface area contributed by atoms with Crippen molar-refractivity contribution >= 4 is 17.4 Å². The minimum Gasteiger partial charge on any atom is -0.373 e. The molecule has 0 bridgehead atoms. The van der Waals surface area contributed by atoms with Crippen molar-refractivity contribution in [2.75, 3.05) is 12.4 Å². The van der Waals surface area contributed by atoms with Crippen LogP contribution < -0.4 is 11.1 Å². The van der Waals surface area contributed by atoms with Crippen molar-refractivity contribution in [1.82, 2.24) is 19.6 Å². The number of amides is 1. The predicted molar refractivity (Wildman–Crippen MR) is 79.0 cm³/mol. The summed E-state index contributed by atoms with van der Waals surface area (Å²) >= 11 is 0. The lowest BCUT2D eigenvalue weighted by Gasteiger charge is -2.05. The molecule has 0 unspecified atom stereocenters. The molecule has 3 heterocycles. The van der Waals surface area contributed by atoms with Crippen molar-refractivity contribution in [3.05, 3.63) is 42.0 Å². The lowest BCUT2D eigenvalue weighted by atomic mass is 10.1. The fourth-order valence-corrected chi connectivity index (χ4v) is 2.19. The SMILES string of the molecule is CNc1cc(-c2cnn3cc(C)c(C(N)=O)nc23)ccn1. The zero-order valence-electron chi connectivity index (χ0n) is 11.7. The highest BCUT2D eigenvalue weighted by Gasteiger charge is 2.14. The molecule has 3 N–H and O–H groups in total. The topological polar surface area (TPSA) is 98.2 Å². The summed E-state index contributed by atoms with van der Waals surface area (Å²) in [5.41, 5.74) is 8.62. The molecule has 0 aliphatic rings. The van der Waals surface area contributed by atoms with Gasteiger partial charge in [0, 0.05) is 25.0 Å². The highest BCUT2D eigenvalue weighted by molar-refractivity contribution is 5.93. The first-order chi connectivity index (χ1) is 10.1. The zero-order chi connectivity index (χ0) is 15.0. The Bertz CT molecular complexity index is 839. The number of nitrogens with two attached hydrogens (primary N) is 1. The highest BCUT2D eigenvalue weighted by Crippen LogP contribution is 2.25. The lowest BCUT2D eigenvalue weighted by molar-refractivity contribution is 0.0995. The molecule has 3 aromatic heterocycles. The molecule has 0 aromatic carbocycles. The van der Waals surface area contributed by atoms with Gasteiger partial charge in [0.05, 0.1) is 6.20 Å². The molecule has 0 aliphatic carbocycles. The molecule has 7 heteroatoms. The van der Waals surface area contributed by atoms with E-state index in [1.54, 1.807) is 37.1 Å². The Balaban J connectivity index is 2.23. The smallest absolute Gasteiger partial charge is 0.267 e. The molecule has 0 radical (unpaired) electrons. The summed E-state index contributed by atoms with van der Waals surface area (Å²) in [6, 6.07) is 3.76. The molecule has 3 aromatic rings. The molecular formula is C14H14N6O. The normalized spacial score (nSPS) is 10.8. The van der Waals surface area contributed by atoms with Crippen LogP contribution in [0.2, 0.25) is 0 Å². The number of carbonyl (C=O) groups excluding carboxylic acids is 1. The average molecular weight is 282 g/mol. The van der Waals surface area contributed by atoms with Gasteiger partial charge >= 0.3 is 0 Å². The van der Waals surface area contributed by atoms with E-state index >= 15 is 0 Å². The summed E-state index contributed by atoms with van der Waals surface area (Å²) in [6.07, 6.45) is 5.15. The van der Waals surface area contributed by atoms with Gasteiger partial charge in [0.1, 0.15) is 11.5 Å². The molecule has 1 amide bonds. The quantitative estimate of drug-likeness (QED) is 0.753. The Morgan fingerprint density at radius 2 is 2.24 bits per heavy atom. The molecular weight excluding hydrogens is 268 g/mol. The number of fused-ring (bicyclic) bond motifs is 1. The second kappa shape index (κ2) is 4.86. The molecule has 7 nitrogen and oxygen atoms in total. The van der Waals surface area contributed by atoms with E-state index in [-0.39, 0.29) is 5.69 Å². The fraction of sp³-hybridized carbons (Fsp3) is 0.143. The van der Waals surface area contributed by atoms with E-state index in [9.17, 15) is 4.79 Å². The summed E-state index contributed by atoms with van der Waals surface area (Å²) in [4.78, 5) is 20.0. The summed E-state index contributed by atoms with van der Waals surface area (Å²) in [7, 11) is 1.80. The maximum absolute atomic E-state index is 11.4. The van der Waals surface area contributed by atoms with Crippen LogP contribution in [0, 0.1) is 6.92 Å². The number of hydrogen-bond donors (Lipinski definition) is 2. The molecule has 0 spiro atoms. The number of hydrogen-bond acceptors (Lipinski definition) is 5. The Morgan fingerprint density at radius 1 is 1.43 bits per heavy atom. The number of pyridine rings is 1. The molecule has 106 valence electrons. The maximum Gasteiger partial charge on any atom is 0.267 e. The van der Waals surface area contributed by atoms with Crippen LogP contribution in [-0.4, -0.2) is 32.5 Å². The summed E-state index contributed by atoms with van der Waals surface area (Å²) in [5.74, 6) is 0.196. The van der Waals surface area contributed by atoms with Gasteiger partial charge in [-0.15, -0.1) is 0 Å². The van der Waals surface area contributed by atoms with Gasteiger partial charge in [0.15, 0.2) is 5.65 Å². The van der Waals surface area contributed by atoms with E-state index in [4.69, 9.17) is 5.73 Å². The highest BCUT2D eigenvalue weighted by atomic mass is 16.1. The number of nitrogens with zero attached hydrogens (tertiary/aromatic N) is 4. The number of nitrogens with one attached hydrogen (secondary N) is 1. The van der Waals surface area contributed by atoms with Gasteiger partial charge in [-0.25, -0.2) is 14.5 Å². The van der Waals surface area contributed by atoms with Crippen molar-refractivity contribution in [2.45, 2.75) is 6.92 Å². The third-order valence-corrected chi connectivity index (χ3v) is 3.24. The Labute approximate surface area is 120 Å². The summed E-state index contributed by atoms with van der Waals surface area (Å²) < 4.78 is 1.64. The van der Waals surface area contributed by atoms with Gasteiger partial charge in [0.2, 0.25) is 0 Å². The van der Waals surface area contributed by atoms with Crippen LogP contribution in [0.5, 0.6) is 0 Å². The molecule has 0 aliphatic heterocycles. The van der Waals surface area contributed by atoms with Crippen molar-refractivity contribution < 1.29 is 4.79 Å². The number of aryl methyl sites for hydroxylation is 1. The minimum atomic E-state index is -0.548. The van der Waals surface area contributed by atoms with E-state index in [0.717, 1.165) is 16.9 Å². The number of rotatable bonds is 3. The Hall–Kier alpha value is -2.96. The third kappa shape index (κ3) is 2.18. The summed E-state index contributed by atoms with van der Waals surface area (Å²) in [5, 5.41) is 7.26. The molecule has 0 saturated heterocycles. The molecule has 0 atom stereocenters. The van der Waals surface area contributed by atoms with Crippen molar-refractivity contribution in [2.24, 2.45) is 5.73 Å². The van der Waals surface area contributed by atoms with Crippen molar-refractivity contribution in [1.29, 1.82) is 0 Å². The van der Waals surface area contributed by atoms with E-state index < -0.39 is 5.91 Å². The molecule has 0 saturated carbocycles. The third-order valence-electron chi connectivity index (χ3n) is 3.24. The van der Waals surface area contributed by atoms with Crippen molar-refractivity contribution in [3.8, 4) is 11.1 Å². The van der Waals surface area contributed by atoms with Crippen molar-refractivity contribution in [3.63, 3.8) is 0 Å². The van der Waals surface area contributed by atoms with Crippen LogP contribution in [0.1, 0.15) is 16.1 Å². The standard InChI is InChI=1S/C14H14N6O/c1-8-7-20-14(19-12(8)13(15)21)10(6-18-20)9-3-4-17-11(5-9)16-2/h3-7H,1-2H3,(H2,15,21)(H,16,17). The largest absolute Gasteiger partial charge is 0.373 e. The van der Waals surface area contributed by atoms with Gasteiger partial charge in [-0.05, 0) is 30.2 Å². The maximum atomic E-state index is 11.4. The van der Waals surface area contributed by atoms with Gasteiger partial charge in [0.25, 0.3) is 5.91 Å². The fourth-order valence-electron chi connectivity index (χ4n) is 2.19. The average Bonchev–Trinajstić information content (AvgIpc) is 2.88. The number of anilines is 1. The van der Waals surface area contributed by atoms with E-state index in [0.29, 0.717) is 11.2 Å². The van der Waals surface area contributed by atoms with Gasteiger partial charge < -0.3 is 11.1 Å². The van der Waals surface area contributed by atoms with E-state index in [2.05, 4.69) is 20.4 Å². The van der Waals surface area contributed by atoms with Gasteiger partial charge in [-0.2, -0.15) is 5.10 Å². The molecule has 21 heavy (non-hydrogen) atoms. The van der Waals surface area contributed by atoms with Crippen LogP contribution >= 0.6 is 0 Å². The first-order valence-corrected chi connectivity index (χ1v) is 6.39. The van der Waals surface area contributed by atoms with Crippen LogP contribution in [0.4, 0.5) is 5.82 Å². The number of aromatic nitrogens is 4. The van der Waals surface area contributed by atoms with Crippen LogP contribution in [0.3, 0.4) is 0 Å². The van der Waals surface area contributed by atoms with Crippen LogP contribution in [0.15, 0.2) is 30.7 Å². The number of primary amides is 1. The number of carbonyl (C=O) groups is 1. The Morgan fingerprint density at radius 3 is 2.95 bits per heavy atom. The van der Waals surface area contributed by atoms with E-state index in [1.807, 2.05) is 12.1 Å². The summed E-state index contributed by atoms with van der Waals surface area (Å²) in [6.45, 7) is 1.78. The minimum absolute atomic E-state index is 0.257. The van der Waals surface area contributed by atoms with Gasteiger partial charge in [-0.1, -0.05) is 0 Å². The monoisotopic (exact) mass is 282 g/mol. The van der Waals surface area contributed by atoms with Crippen LogP contribution in [-0.2, 0) is 0 Å². The second-order valence-corrected chi connectivity index (χ2v) is 4.64. The molecule has 3 rings (SSSR count). The first-order valence-electron chi connectivity index (χ1n) is 6.39. The zero-order valence-corrected chi connectivity index (χ0v) is 11.7. The van der Waals surface area contributed by atoms with Gasteiger partial charge in [-0.3, -0.25) is 4.79 Å². The lowest BCUT2D eigenvalue weighted by Crippen LogP contribution is -2.16. The molecule has 0 fully saturated rings. The van der Waals surface area contributed by atoms with E-state index in [1.165, 1.54) is 0 Å².